The van der Waals surface area contributed by atoms with E-state index in [-0.39, 0.29) is 30.1 Å². The maximum Gasteiger partial charge on any atom is 0.340 e. The van der Waals surface area contributed by atoms with Crippen LogP contribution in [0.1, 0.15) is 49.4 Å². The third-order valence-corrected chi connectivity index (χ3v) is 4.08. The Morgan fingerprint density at radius 3 is 2.44 bits per heavy atom. The molecule has 8 heteroatoms. The van der Waals surface area contributed by atoms with E-state index >= 15 is 0 Å². The van der Waals surface area contributed by atoms with E-state index in [0.717, 1.165) is 0 Å². The van der Waals surface area contributed by atoms with Gasteiger partial charge in [-0.25, -0.2) is 9.59 Å². The molecule has 0 aliphatic carbocycles. The molecule has 0 spiro atoms. The van der Waals surface area contributed by atoms with E-state index in [1.165, 1.54) is 12.1 Å². The van der Waals surface area contributed by atoms with E-state index in [0.29, 0.717) is 22.9 Å². The maximum absolute atomic E-state index is 12.6. The molecule has 2 heterocycles. The smallest absolute Gasteiger partial charge is 0.340 e. The first kappa shape index (κ1) is 18.5. The number of fused-ring (bicyclic) bond motifs is 1. The molecule has 0 atom stereocenters. The molecule has 0 amide bonds. The molecule has 27 heavy (non-hydrogen) atoms. The Morgan fingerprint density at radius 2 is 1.70 bits per heavy atom. The Bertz CT molecular complexity index is 913. The van der Waals surface area contributed by atoms with Gasteiger partial charge in [0.2, 0.25) is 12.6 Å². The Hall–Kier alpha value is -3.29. The largest absolute Gasteiger partial charge is 0.462 e. The molecule has 1 N–H and O–H groups in total. The number of rotatable bonds is 6. The highest BCUT2D eigenvalue weighted by Gasteiger charge is 2.26. The van der Waals surface area contributed by atoms with Gasteiger partial charge in [-0.05, 0) is 39.0 Å². The number of esters is 2. The first-order valence-electron chi connectivity index (χ1n) is 8.38. The predicted molar refractivity (Wildman–Crippen MR) is 93.4 cm³/mol. The lowest BCUT2D eigenvalue weighted by atomic mass is 10.1. The average molecular weight is 373 g/mol. The van der Waals surface area contributed by atoms with Crippen LogP contribution in [0.2, 0.25) is 0 Å². The molecule has 0 radical (unpaired) electrons. The van der Waals surface area contributed by atoms with Gasteiger partial charge in [0, 0.05) is 11.4 Å². The van der Waals surface area contributed by atoms with Gasteiger partial charge in [0.1, 0.15) is 0 Å². The van der Waals surface area contributed by atoms with Crippen LogP contribution in [-0.2, 0) is 9.47 Å². The second-order valence-electron chi connectivity index (χ2n) is 5.91. The van der Waals surface area contributed by atoms with Crippen LogP contribution >= 0.6 is 0 Å². The van der Waals surface area contributed by atoms with Crippen molar-refractivity contribution in [2.24, 2.45) is 0 Å². The fourth-order valence-corrected chi connectivity index (χ4v) is 2.90. The Labute approximate surface area is 155 Å². The first-order valence-corrected chi connectivity index (χ1v) is 8.38. The molecule has 1 aromatic carbocycles. The summed E-state index contributed by atoms with van der Waals surface area (Å²) >= 11 is 0. The second kappa shape index (κ2) is 7.53. The van der Waals surface area contributed by atoms with E-state index in [2.05, 4.69) is 4.98 Å². The van der Waals surface area contributed by atoms with Crippen LogP contribution in [0, 0.1) is 13.8 Å². The zero-order valence-corrected chi connectivity index (χ0v) is 15.2. The molecule has 1 aliphatic heterocycles. The van der Waals surface area contributed by atoms with Gasteiger partial charge in [0.25, 0.3) is 0 Å². The molecule has 0 bridgehead atoms. The number of Topliss-reactive ketones (excluding diaryl/α,β-unsaturated/α-hetero) is 1. The zero-order chi connectivity index (χ0) is 19.6. The van der Waals surface area contributed by atoms with Crippen LogP contribution < -0.4 is 9.47 Å². The summed E-state index contributed by atoms with van der Waals surface area (Å²) in [5, 5.41) is 0. The molecule has 0 unspecified atom stereocenters. The summed E-state index contributed by atoms with van der Waals surface area (Å²) in [6.07, 6.45) is 0. The number of nitrogens with one attached hydrogen (secondary N) is 1. The molecular formula is C19H19NO7. The standard InChI is InChI=1S/C19H19NO7/c1-4-24-19(23)17-11(3)20-10(2)16(17)13(21)8-25-18(22)12-5-6-14-15(7-12)27-9-26-14/h5-7,20H,4,8-9H2,1-3H3. The van der Waals surface area contributed by atoms with Crippen molar-refractivity contribution in [3.05, 3.63) is 46.3 Å². The first-order chi connectivity index (χ1) is 12.9. The van der Waals surface area contributed by atoms with E-state index in [9.17, 15) is 14.4 Å². The van der Waals surface area contributed by atoms with E-state index in [1.54, 1.807) is 26.8 Å². The van der Waals surface area contributed by atoms with Crippen LogP contribution in [0.5, 0.6) is 11.5 Å². The predicted octanol–water partition coefficient (Wildman–Crippen LogP) is 2.58. The summed E-state index contributed by atoms with van der Waals surface area (Å²) in [5.41, 5.74) is 1.61. The van der Waals surface area contributed by atoms with Crippen LogP contribution in [0.3, 0.4) is 0 Å². The van der Waals surface area contributed by atoms with Gasteiger partial charge in [-0.15, -0.1) is 0 Å². The van der Waals surface area contributed by atoms with Crippen molar-refractivity contribution in [1.82, 2.24) is 4.98 Å². The topological polar surface area (TPSA) is 104 Å². The molecule has 3 rings (SSSR count). The Balaban J connectivity index is 1.73. The third kappa shape index (κ3) is 3.64. The van der Waals surface area contributed by atoms with Gasteiger partial charge < -0.3 is 23.9 Å². The van der Waals surface area contributed by atoms with Gasteiger partial charge >= 0.3 is 11.9 Å². The number of benzene rings is 1. The number of hydrogen-bond donors (Lipinski definition) is 1. The number of hydrogen-bond acceptors (Lipinski definition) is 7. The van der Waals surface area contributed by atoms with Crippen LogP contribution in [0.4, 0.5) is 0 Å². The summed E-state index contributed by atoms with van der Waals surface area (Å²) in [5.74, 6) is -0.777. The number of carbonyl (C=O) groups excluding carboxylic acids is 3. The zero-order valence-electron chi connectivity index (χ0n) is 15.2. The van der Waals surface area contributed by atoms with Gasteiger partial charge in [0.05, 0.1) is 23.3 Å². The lowest BCUT2D eigenvalue weighted by Gasteiger charge is -2.07. The minimum atomic E-state index is -0.677. The molecule has 0 saturated heterocycles. The highest BCUT2D eigenvalue weighted by Crippen LogP contribution is 2.32. The number of ketones is 1. The van der Waals surface area contributed by atoms with Crippen molar-refractivity contribution in [1.29, 1.82) is 0 Å². The SMILES string of the molecule is CCOC(=O)c1c(C)[nH]c(C)c1C(=O)COC(=O)c1ccc2c(c1)OCO2. The summed E-state index contributed by atoms with van der Waals surface area (Å²) in [4.78, 5) is 39.9. The van der Waals surface area contributed by atoms with E-state index in [4.69, 9.17) is 18.9 Å². The summed E-state index contributed by atoms with van der Waals surface area (Å²) in [6, 6.07) is 4.61. The molecule has 1 aliphatic rings. The average Bonchev–Trinajstić information content (AvgIpc) is 3.22. The number of aromatic amines is 1. The minimum absolute atomic E-state index is 0.0923. The number of H-pyrrole nitrogens is 1. The van der Waals surface area contributed by atoms with Crippen molar-refractivity contribution in [2.75, 3.05) is 20.0 Å². The second-order valence-corrected chi connectivity index (χ2v) is 5.91. The normalized spacial score (nSPS) is 12.0. The number of carbonyl (C=O) groups is 3. The number of ether oxygens (including phenoxy) is 4. The maximum atomic E-state index is 12.6. The Morgan fingerprint density at radius 1 is 1.00 bits per heavy atom. The van der Waals surface area contributed by atoms with Gasteiger partial charge in [-0.3, -0.25) is 4.79 Å². The van der Waals surface area contributed by atoms with Crippen molar-refractivity contribution >= 4 is 17.7 Å². The van der Waals surface area contributed by atoms with Gasteiger partial charge in [-0.1, -0.05) is 0 Å². The third-order valence-electron chi connectivity index (χ3n) is 4.08. The van der Waals surface area contributed by atoms with Crippen LogP contribution in [-0.4, -0.2) is 42.7 Å². The lowest BCUT2D eigenvalue weighted by Crippen LogP contribution is -2.18. The number of aryl methyl sites for hydroxylation is 2. The molecule has 0 fully saturated rings. The van der Waals surface area contributed by atoms with Crippen molar-refractivity contribution in [3.63, 3.8) is 0 Å². The molecule has 1 aromatic heterocycles. The molecule has 2 aromatic rings. The van der Waals surface area contributed by atoms with E-state index < -0.39 is 24.3 Å². The monoisotopic (exact) mass is 373 g/mol. The van der Waals surface area contributed by atoms with Crippen LogP contribution in [0.25, 0.3) is 0 Å². The van der Waals surface area contributed by atoms with Crippen molar-refractivity contribution in [2.45, 2.75) is 20.8 Å². The summed E-state index contributed by atoms with van der Waals surface area (Å²) in [6.45, 7) is 4.81. The highest BCUT2D eigenvalue weighted by molar-refractivity contribution is 6.09. The number of aromatic nitrogens is 1. The molecular weight excluding hydrogens is 354 g/mol. The fraction of sp³-hybridized carbons (Fsp3) is 0.316. The molecule has 8 nitrogen and oxygen atoms in total. The van der Waals surface area contributed by atoms with Crippen molar-refractivity contribution in [3.8, 4) is 11.5 Å². The fourth-order valence-electron chi connectivity index (χ4n) is 2.90. The summed E-state index contributed by atoms with van der Waals surface area (Å²) in [7, 11) is 0. The van der Waals surface area contributed by atoms with E-state index in [1.807, 2.05) is 0 Å². The van der Waals surface area contributed by atoms with Gasteiger partial charge in [-0.2, -0.15) is 0 Å². The Kier molecular flexibility index (Phi) is 5.16. The molecule has 0 saturated carbocycles. The lowest BCUT2D eigenvalue weighted by molar-refractivity contribution is 0.0471. The minimum Gasteiger partial charge on any atom is -0.462 e. The van der Waals surface area contributed by atoms with Crippen molar-refractivity contribution < 1.29 is 33.3 Å². The summed E-state index contributed by atoms with van der Waals surface area (Å²) < 4.78 is 20.5. The highest BCUT2D eigenvalue weighted by atomic mass is 16.7. The molecule has 142 valence electrons. The quantitative estimate of drug-likeness (QED) is 0.613. The van der Waals surface area contributed by atoms with Crippen LogP contribution in [0.15, 0.2) is 18.2 Å². The van der Waals surface area contributed by atoms with Gasteiger partial charge in [0.15, 0.2) is 18.1 Å².